The fourth-order valence-corrected chi connectivity index (χ4v) is 2.53. The standard InChI is InChI=1S/C14H19F2N3O/c1-2-3-10(14(18)20)13-11(15)4-9(5-12(13)16)19-6-8(17)7-19/h4-5,8,10H,2-3,6-7,17H2,1H3,(H2,18,20). The van der Waals surface area contributed by atoms with E-state index in [1.807, 2.05) is 6.92 Å². The van der Waals surface area contributed by atoms with Gasteiger partial charge in [-0.15, -0.1) is 0 Å². The van der Waals surface area contributed by atoms with Crippen molar-refractivity contribution in [2.24, 2.45) is 11.5 Å². The zero-order chi connectivity index (χ0) is 14.9. The molecule has 1 fully saturated rings. The summed E-state index contributed by atoms with van der Waals surface area (Å²) in [6.07, 6.45) is 0.951. The lowest BCUT2D eigenvalue weighted by Gasteiger charge is -2.39. The van der Waals surface area contributed by atoms with Gasteiger partial charge in [0.1, 0.15) is 11.6 Å². The number of hydrogen-bond acceptors (Lipinski definition) is 3. The number of halogens is 2. The van der Waals surface area contributed by atoms with Gasteiger partial charge in [-0.3, -0.25) is 4.79 Å². The summed E-state index contributed by atoms with van der Waals surface area (Å²) in [6, 6.07) is 2.53. The third kappa shape index (κ3) is 2.75. The summed E-state index contributed by atoms with van der Waals surface area (Å²) in [4.78, 5) is 13.2. The molecule has 1 heterocycles. The molecule has 0 spiro atoms. The molecule has 2 rings (SSSR count). The Balaban J connectivity index is 2.32. The fraction of sp³-hybridized carbons (Fsp3) is 0.500. The number of anilines is 1. The lowest BCUT2D eigenvalue weighted by atomic mass is 9.92. The second-order valence-electron chi connectivity index (χ2n) is 5.23. The van der Waals surface area contributed by atoms with Crippen LogP contribution in [0.15, 0.2) is 12.1 Å². The van der Waals surface area contributed by atoms with Gasteiger partial charge in [-0.2, -0.15) is 0 Å². The zero-order valence-electron chi connectivity index (χ0n) is 11.4. The summed E-state index contributed by atoms with van der Waals surface area (Å²) in [6.45, 7) is 2.99. The van der Waals surface area contributed by atoms with Gasteiger partial charge in [0.15, 0.2) is 0 Å². The molecule has 1 unspecified atom stereocenters. The zero-order valence-corrected chi connectivity index (χ0v) is 11.4. The number of primary amides is 1. The van der Waals surface area contributed by atoms with E-state index in [4.69, 9.17) is 11.5 Å². The van der Waals surface area contributed by atoms with Crippen molar-refractivity contribution in [3.63, 3.8) is 0 Å². The Morgan fingerprint density at radius 3 is 2.35 bits per heavy atom. The molecule has 110 valence electrons. The van der Waals surface area contributed by atoms with E-state index in [9.17, 15) is 13.6 Å². The Morgan fingerprint density at radius 1 is 1.40 bits per heavy atom. The number of hydrogen-bond donors (Lipinski definition) is 2. The Morgan fingerprint density at radius 2 is 1.95 bits per heavy atom. The Bertz CT molecular complexity index is 492. The number of benzene rings is 1. The van der Waals surface area contributed by atoms with Gasteiger partial charge in [-0.05, 0) is 18.6 Å². The van der Waals surface area contributed by atoms with Gasteiger partial charge >= 0.3 is 0 Å². The van der Waals surface area contributed by atoms with Crippen LogP contribution in [0.1, 0.15) is 31.2 Å². The average Bonchev–Trinajstić information content (AvgIpc) is 2.32. The Labute approximate surface area is 116 Å². The summed E-state index contributed by atoms with van der Waals surface area (Å²) in [5.41, 5.74) is 11.1. The van der Waals surface area contributed by atoms with E-state index in [-0.39, 0.29) is 11.6 Å². The lowest BCUT2D eigenvalue weighted by Crippen LogP contribution is -2.55. The minimum atomic E-state index is -0.923. The molecule has 1 aromatic rings. The molecule has 1 saturated heterocycles. The van der Waals surface area contributed by atoms with Crippen molar-refractivity contribution in [2.75, 3.05) is 18.0 Å². The molecule has 1 aliphatic heterocycles. The van der Waals surface area contributed by atoms with Crippen molar-refractivity contribution >= 4 is 11.6 Å². The molecule has 0 bridgehead atoms. The van der Waals surface area contributed by atoms with Crippen LogP contribution >= 0.6 is 0 Å². The van der Waals surface area contributed by atoms with Crippen LogP contribution in [0.3, 0.4) is 0 Å². The summed E-state index contributed by atoms with van der Waals surface area (Å²) < 4.78 is 28.3. The number of nitrogens with zero attached hydrogens (tertiary/aromatic N) is 1. The second kappa shape index (κ2) is 5.75. The first-order valence-corrected chi connectivity index (χ1v) is 6.72. The first kappa shape index (κ1) is 14.7. The van der Waals surface area contributed by atoms with Crippen molar-refractivity contribution in [3.05, 3.63) is 29.3 Å². The molecule has 0 aromatic heterocycles. The van der Waals surface area contributed by atoms with E-state index in [1.54, 1.807) is 4.90 Å². The largest absolute Gasteiger partial charge is 0.369 e. The second-order valence-corrected chi connectivity index (χ2v) is 5.23. The van der Waals surface area contributed by atoms with Gasteiger partial charge in [0, 0.05) is 30.4 Å². The number of amides is 1. The van der Waals surface area contributed by atoms with E-state index in [1.165, 1.54) is 12.1 Å². The molecule has 1 aliphatic rings. The highest BCUT2D eigenvalue weighted by Gasteiger charge is 2.28. The van der Waals surface area contributed by atoms with Crippen molar-refractivity contribution in [1.29, 1.82) is 0 Å². The van der Waals surface area contributed by atoms with Crippen LogP contribution in [0.25, 0.3) is 0 Å². The molecule has 1 aromatic carbocycles. The molecule has 4 nitrogen and oxygen atoms in total. The normalized spacial score (nSPS) is 16.9. The van der Waals surface area contributed by atoms with E-state index in [0.717, 1.165) is 0 Å². The van der Waals surface area contributed by atoms with Gasteiger partial charge < -0.3 is 16.4 Å². The molecular weight excluding hydrogens is 264 g/mol. The number of nitrogens with two attached hydrogens (primary N) is 2. The number of rotatable bonds is 5. The van der Waals surface area contributed by atoms with Crippen LogP contribution in [0.4, 0.5) is 14.5 Å². The van der Waals surface area contributed by atoms with Crippen LogP contribution in [-0.2, 0) is 4.79 Å². The van der Waals surface area contributed by atoms with Crippen LogP contribution in [0, 0.1) is 11.6 Å². The molecule has 0 saturated carbocycles. The third-order valence-electron chi connectivity index (χ3n) is 3.61. The summed E-state index contributed by atoms with van der Waals surface area (Å²) >= 11 is 0. The van der Waals surface area contributed by atoms with Crippen LogP contribution in [0.2, 0.25) is 0 Å². The highest BCUT2D eigenvalue weighted by atomic mass is 19.1. The van der Waals surface area contributed by atoms with Gasteiger partial charge in [0.25, 0.3) is 0 Å². The number of carbonyl (C=O) groups is 1. The van der Waals surface area contributed by atoms with Crippen molar-refractivity contribution < 1.29 is 13.6 Å². The van der Waals surface area contributed by atoms with Gasteiger partial charge in [-0.1, -0.05) is 13.3 Å². The predicted octanol–water partition coefficient (Wildman–Crippen LogP) is 1.48. The minimum absolute atomic E-state index is 0.0410. The van der Waals surface area contributed by atoms with Crippen LogP contribution in [0.5, 0.6) is 0 Å². The van der Waals surface area contributed by atoms with E-state index in [0.29, 0.717) is 31.6 Å². The topological polar surface area (TPSA) is 72.4 Å². The maximum Gasteiger partial charge on any atom is 0.225 e. The monoisotopic (exact) mass is 283 g/mol. The predicted molar refractivity (Wildman–Crippen MR) is 73.4 cm³/mol. The van der Waals surface area contributed by atoms with E-state index < -0.39 is 23.5 Å². The Hall–Kier alpha value is -1.69. The molecule has 0 radical (unpaired) electrons. The Kier molecular flexibility index (Phi) is 4.23. The summed E-state index contributed by atoms with van der Waals surface area (Å²) in [5, 5.41) is 0. The maximum absolute atomic E-state index is 14.2. The molecule has 20 heavy (non-hydrogen) atoms. The first-order valence-electron chi connectivity index (χ1n) is 6.72. The van der Waals surface area contributed by atoms with E-state index >= 15 is 0 Å². The highest BCUT2D eigenvalue weighted by Crippen LogP contribution is 2.31. The smallest absolute Gasteiger partial charge is 0.225 e. The van der Waals surface area contributed by atoms with Gasteiger partial charge in [0.05, 0.1) is 5.92 Å². The van der Waals surface area contributed by atoms with Crippen molar-refractivity contribution in [1.82, 2.24) is 0 Å². The van der Waals surface area contributed by atoms with Crippen molar-refractivity contribution in [2.45, 2.75) is 31.7 Å². The molecule has 4 N–H and O–H groups in total. The molecule has 6 heteroatoms. The van der Waals surface area contributed by atoms with Gasteiger partial charge in [0.2, 0.25) is 5.91 Å². The van der Waals surface area contributed by atoms with Gasteiger partial charge in [-0.25, -0.2) is 8.78 Å². The number of carbonyl (C=O) groups excluding carboxylic acids is 1. The molecule has 1 amide bonds. The molecule has 1 atom stereocenters. The maximum atomic E-state index is 14.2. The SMILES string of the molecule is CCCC(C(N)=O)c1c(F)cc(N2CC(N)C2)cc1F. The lowest BCUT2D eigenvalue weighted by molar-refractivity contribution is -0.119. The minimum Gasteiger partial charge on any atom is -0.369 e. The quantitative estimate of drug-likeness (QED) is 0.859. The van der Waals surface area contributed by atoms with Crippen molar-refractivity contribution in [3.8, 4) is 0 Å². The summed E-state index contributed by atoms with van der Waals surface area (Å²) in [7, 11) is 0. The first-order chi connectivity index (χ1) is 9.43. The fourth-order valence-electron chi connectivity index (χ4n) is 2.53. The molecular formula is C14H19F2N3O. The van der Waals surface area contributed by atoms with E-state index in [2.05, 4.69) is 0 Å². The average molecular weight is 283 g/mol. The van der Waals surface area contributed by atoms with Crippen LogP contribution < -0.4 is 16.4 Å². The molecule has 0 aliphatic carbocycles. The highest BCUT2D eigenvalue weighted by molar-refractivity contribution is 5.82. The third-order valence-corrected chi connectivity index (χ3v) is 3.61. The summed E-state index contributed by atoms with van der Waals surface area (Å²) in [5.74, 6) is -3.08. The van der Waals surface area contributed by atoms with Crippen LogP contribution in [-0.4, -0.2) is 25.0 Å².